The molecule has 0 radical (unpaired) electrons. The van der Waals surface area contributed by atoms with E-state index in [1.807, 2.05) is 12.1 Å². The van der Waals surface area contributed by atoms with E-state index in [4.69, 9.17) is 9.47 Å². The predicted molar refractivity (Wildman–Crippen MR) is 103 cm³/mol. The molecule has 2 amide bonds. The van der Waals surface area contributed by atoms with E-state index in [-0.39, 0.29) is 17.9 Å². The van der Waals surface area contributed by atoms with Crippen LogP contribution < -0.4 is 10.6 Å². The Morgan fingerprint density at radius 3 is 2.59 bits per heavy atom. The van der Waals surface area contributed by atoms with Crippen molar-refractivity contribution in [2.24, 2.45) is 0 Å². The van der Waals surface area contributed by atoms with E-state index in [9.17, 15) is 9.59 Å². The van der Waals surface area contributed by atoms with Crippen LogP contribution in [0.1, 0.15) is 39.1 Å². The van der Waals surface area contributed by atoms with Crippen LogP contribution in [0.5, 0.6) is 0 Å². The number of carbonyl (C=O) groups excluding carboxylic acids is 2. The van der Waals surface area contributed by atoms with Crippen molar-refractivity contribution in [1.82, 2.24) is 5.32 Å². The number of para-hydroxylation sites is 1. The van der Waals surface area contributed by atoms with Gasteiger partial charge in [-0.1, -0.05) is 24.3 Å². The van der Waals surface area contributed by atoms with Crippen LogP contribution >= 0.6 is 0 Å². The zero-order chi connectivity index (χ0) is 19.1. The normalized spacial score (nSPS) is 16.1. The molecular weight excluding hydrogens is 344 g/mol. The number of rotatable bonds is 7. The smallest absolute Gasteiger partial charge is 0.255 e. The SMILES string of the molecule is COCc1ccc(C(=O)Nc2ccccc2C(=O)NC[C@@H]2CCCO2)cc1. The summed E-state index contributed by atoms with van der Waals surface area (Å²) in [5.74, 6) is -0.491. The highest BCUT2D eigenvalue weighted by Gasteiger charge is 2.18. The highest BCUT2D eigenvalue weighted by Crippen LogP contribution is 2.17. The van der Waals surface area contributed by atoms with Crippen molar-refractivity contribution in [2.45, 2.75) is 25.6 Å². The monoisotopic (exact) mass is 368 g/mol. The van der Waals surface area contributed by atoms with Gasteiger partial charge in [-0.2, -0.15) is 0 Å². The number of hydrogen-bond acceptors (Lipinski definition) is 4. The highest BCUT2D eigenvalue weighted by atomic mass is 16.5. The molecule has 1 saturated heterocycles. The maximum absolute atomic E-state index is 12.5. The Balaban J connectivity index is 1.65. The molecule has 0 aliphatic carbocycles. The van der Waals surface area contributed by atoms with Crippen LogP contribution in [0.4, 0.5) is 5.69 Å². The molecule has 0 spiro atoms. The van der Waals surface area contributed by atoms with Gasteiger partial charge in [-0.3, -0.25) is 9.59 Å². The lowest BCUT2D eigenvalue weighted by atomic mass is 10.1. The molecule has 1 aliphatic rings. The fraction of sp³-hybridized carbons (Fsp3) is 0.333. The van der Waals surface area contributed by atoms with Gasteiger partial charge in [0.2, 0.25) is 0 Å². The topological polar surface area (TPSA) is 76.7 Å². The van der Waals surface area contributed by atoms with Crippen LogP contribution in [-0.4, -0.2) is 38.2 Å². The van der Waals surface area contributed by atoms with Crippen LogP contribution in [0, 0.1) is 0 Å². The van der Waals surface area contributed by atoms with Crippen molar-refractivity contribution in [3.63, 3.8) is 0 Å². The molecule has 6 heteroatoms. The number of carbonyl (C=O) groups is 2. The molecule has 0 unspecified atom stereocenters. The summed E-state index contributed by atoms with van der Waals surface area (Å²) in [4.78, 5) is 25.1. The third kappa shape index (κ3) is 5.15. The summed E-state index contributed by atoms with van der Waals surface area (Å²) < 4.78 is 10.6. The molecule has 27 heavy (non-hydrogen) atoms. The summed E-state index contributed by atoms with van der Waals surface area (Å²) >= 11 is 0. The minimum absolute atomic E-state index is 0.0707. The first-order valence-corrected chi connectivity index (χ1v) is 9.05. The highest BCUT2D eigenvalue weighted by molar-refractivity contribution is 6.09. The summed E-state index contributed by atoms with van der Waals surface area (Å²) in [6.07, 6.45) is 2.05. The summed E-state index contributed by atoms with van der Waals surface area (Å²) in [6, 6.07) is 14.1. The van der Waals surface area contributed by atoms with Gasteiger partial charge in [0.05, 0.1) is 24.0 Å². The van der Waals surface area contributed by atoms with E-state index in [0.717, 1.165) is 25.0 Å². The fourth-order valence-corrected chi connectivity index (χ4v) is 3.01. The van der Waals surface area contributed by atoms with E-state index in [0.29, 0.717) is 30.0 Å². The molecular formula is C21H24N2O4. The summed E-state index contributed by atoms with van der Waals surface area (Å²) in [7, 11) is 1.63. The molecule has 142 valence electrons. The maximum Gasteiger partial charge on any atom is 0.255 e. The van der Waals surface area contributed by atoms with Gasteiger partial charge < -0.3 is 20.1 Å². The summed E-state index contributed by atoms with van der Waals surface area (Å²) in [5, 5.41) is 5.71. The first kappa shape index (κ1) is 19.1. The lowest BCUT2D eigenvalue weighted by Crippen LogP contribution is -2.32. The van der Waals surface area contributed by atoms with Gasteiger partial charge in [0, 0.05) is 25.8 Å². The predicted octanol–water partition coefficient (Wildman–Crippen LogP) is 2.99. The van der Waals surface area contributed by atoms with Gasteiger partial charge >= 0.3 is 0 Å². The second-order valence-electron chi connectivity index (χ2n) is 6.47. The summed E-state index contributed by atoms with van der Waals surface area (Å²) in [5.41, 5.74) is 2.42. The van der Waals surface area contributed by atoms with E-state index in [1.54, 1.807) is 43.5 Å². The second-order valence-corrected chi connectivity index (χ2v) is 6.47. The first-order valence-electron chi connectivity index (χ1n) is 9.05. The number of benzene rings is 2. The molecule has 1 heterocycles. The Labute approximate surface area is 158 Å². The molecule has 0 aromatic heterocycles. The average molecular weight is 368 g/mol. The Morgan fingerprint density at radius 1 is 1.11 bits per heavy atom. The van der Waals surface area contributed by atoms with Crippen molar-refractivity contribution in [3.8, 4) is 0 Å². The average Bonchev–Trinajstić information content (AvgIpc) is 3.21. The second kappa shape index (κ2) is 9.30. The van der Waals surface area contributed by atoms with Gasteiger partial charge in [-0.05, 0) is 42.7 Å². The van der Waals surface area contributed by atoms with Gasteiger partial charge in [-0.25, -0.2) is 0 Å². The summed E-state index contributed by atoms with van der Waals surface area (Å²) in [6.45, 7) is 1.72. The number of methoxy groups -OCH3 is 1. The van der Waals surface area contributed by atoms with E-state index in [1.165, 1.54) is 0 Å². The molecule has 1 aliphatic heterocycles. The van der Waals surface area contributed by atoms with Crippen LogP contribution in [0.2, 0.25) is 0 Å². The zero-order valence-corrected chi connectivity index (χ0v) is 15.4. The number of anilines is 1. The molecule has 2 aromatic rings. The van der Waals surface area contributed by atoms with E-state index >= 15 is 0 Å². The number of amides is 2. The van der Waals surface area contributed by atoms with E-state index in [2.05, 4.69) is 10.6 Å². The van der Waals surface area contributed by atoms with Crippen LogP contribution in [0.25, 0.3) is 0 Å². The Kier molecular flexibility index (Phi) is 6.57. The van der Waals surface area contributed by atoms with Crippen LogP contribution in [0.3, 0.4) is 0 Å². The third-order valence-corrected chi connectivity index (χ3v) is 4.46. The largest absolute Gasteiger partial charge is 0.380 e. The maximum atomic E-state index is 12.5. The molecule has 1 atom stereocenters. The van der Waals surface area contributed by atoms with Crippen LogP contribution in [-0.2, 0) is 16.1 Å². The van der Waals surface area contributed by atoms with Crippen molar-refractivity contribution >= 4 is 17.5 Å². The molecule has 2 N–H and O–H groups in total. The molecule has 0 bridgehead atoms. The van der Waals surface area contributed by atoms with Gasteiger partial charge in [0.25, 0.3) is 11.8 Å². The molecule has 1 fully saturated rings. The fourth-order valence-electron chi connectivity index (χ4n) is 3.01. The zero-order valence-electron chi connectivity index (χ0n) is 15.4. The van der Waals surface area contributed by atoms with Crippen molar-refractivity contribution in [3.05, 3.63) is 65.2 Å². The number of nitrogens with one attached hydrogen (secondary N) is 2. The molecule has 6 nitrogen and oxygen atoms in total. The quantitative estimate of drug-likeness (QED) is 0.788. The molecule has 3 rings (SSSR count). The minimum Gasteiger partial charge on any atom is -0.380 e. The molecule has 2 aromatic carbocycles. The van der Waals surface area contributed by atoms with Crippen molar-refractivity contribution in [1.29, 1.82) is 0 Å². The first-order chi connectivity index (χ1) is 13.2. The Hall–Kier alpha value is -2.70. The van der Waals surface area contributed by atoms with E-state index < -0.39 is 0 Å². The third-order valence-electron chi connectivity index (χ3n) is 4.46. The van der Waals surface area contributed by atoms with Gasteiger partial charge in [0.1, 0.15) is 0 Å². The lowest BCUT2D eigenvalue weighted by molar-refractivity contribution is 0.0858. The van der Waals surface area contributed by atoms with Crippen molar-refractivity contribution < 1.29 is 19.1 Å². The number of hydrogen-bond donors (Lipinski definition) is 2. The van der Waals surface area contributed by atoms with Gasteiger partial charge in [-0.15, -0.1) is 0 Å². The number of ether oxygens (including phenoxy) is 2. The lowest BCUT2D eigenvalue weighted by Gasteiger charge is -2.14. The minimum atomic E-state index is -0.265. The molecule has 0 saturated carbocycles. The van der Waals surface area contributed by atoms with Gasteiger partial charge in [0.15, 0.2) is 0 Å². The van der Waals surface area contributed by atoms with Crippen LogP contribution in [0.15, 0.2) is 48.5 Å². The van der Waals surface area contributed by atoms with Crippen molar-refractivity contribution in [2.75, 3.05) is 25.6 Å². The Morgan fingerprint density at radius 2 is 1.89 bits per heavy atom. The standard InChI is InChI=1S/C21H24N2O4/c1-26-14-15-8-10-16(11-9-15)20(24)23-19-7-3-2-6-18(19)21(25)22-13-17-5-4-12-27-17/h2-3,6-11,17H,4-5,12-14H2,1H3,(H,22,25)(H,23,24)/t17-/m0/s1. The Bertz CT molecular complexity index is 783.